The lowest BCUT2D eigenvalue weighted by Gasteiger charge is -2.36. The van der Waals surface area contributed by atoms with Crippen LogP contribution in [0.4, 0.5) is 0 Å². The van der Waals surface area contributed by atoms with Crippen LogP contribution in [0.3, 0.4) is 0 Å². The summed E-state index contributed by atoms with van der Waals surface area (Å²) in [6.07, 6.45) is 3.29. The number of amides is 1. The van der Waals surface area contributed by atoms with Gasteiger partial charge in [0.25, 0.3) is 0 Å². The third-order valence-corrected chi connectivity index (χ3v) is 5.63. The number of nitrogens with zero attached hydrogens (tertiary/aromatic N) is 1. The lowest BCUT2D eigenvalue weighted by atomic mass is 9.71. The Bertz CT molecular complexity index is 642. The summed E-state index contributed by atoms with van der Waals surface area (Å²) in [6, 6.07) is 20.0. The molecule has 0 spiro atoms. The Balaban J connectivity index is 0.00000225. The third kappa shape index (κ3) is 4.06. The van der Waals surface area contributed by atoms with Crippen molar-refractivity contribution in [1.29, 1.82) is 0 Å². The summed E-state index contributed by atoms with van der Waals surface area (Å²) in [6.45, 7) is 3.35. The fraction of sp³-hybridized carbons (Fsp3) is 0.381. The second-order valence-electron chi connectivity index (χ2n) is 7.25. The predicted molar refractivity (Wildman–Crippen MR) is 97.5 cm³/mol. The largest absolute Gasteiger partial charge is 1.00 e. The van der Waals surface area contributed by atoms with E-state index in [1.807, 2.05) is 60.7 Å². The molecule has 2 aromatic carbocycles. The molecule has 1 amide bonds. The lowest BCUT2D eigenvalue weighted by molar-refractivity contribution is -0.898. The van der Waals surface area contributed by atoms with Crippen LogP contribution < -0.4 is 29.7 Å². The van der Waals surface area contributed by atoms with Gasteiger partial charge in [-0.15, -0.1) is 0 Å². The zero-order chi connectivity index (χ0) is 17.0. The molecule has 0 saturated carbocycles. The third-order valence-electron chi connectivity index (χ3n) is 5.63. The summed E-state index contributed by atoms with van der Waals surface area (Å²) in [4.78, 5) is 12.7. The smallest absolute Gasteiger partial charge is 0.232 e. The number of likely N-dealkylation sites (tertiary alicyclic amines) is 1. The first-order chi connectivity index (χ1) is 11.6. The molecule has 4 heteroatoms. The van der Waals surface area contributed by atoms with Gasteiger partial charge in [0, 0.05) is 19.3 Å². The van der Waals surface area contributed by atoms with Crippen LogP contribution in [-0.4, -0.2) is 37.1 Å². The normalized spacial score (nSPS) is 16.2. The van der Waals surface area contributed by atoms with Gasteiger partial charge in [0.1, 0.15) is 5.41 Å². The molecule has 1 aliphatic rings. The molecule has 1 saturated heterocycles. The molecule has 0 radical (unpaired) electrons. The molecule has 134 valence electrons. The van der Waals surface area contributed by atoms with Crippen molar-refractivity contribution in [2.75, 3.05) is 26.7 Å². The minimum absolute atomic E-state index is 0. The highest BCUT2D eigenvalue weighted by Gasteiger charge is 2.42. The van der Waals surface area contributed by atoms with Crippen molar-refractivity contribution in [3.8, 4) is 0 Å². The number of primary amides is 1. The van der Waals surface area contributed by atoms with Crippen LogP contribution in [-0.2, 0) is 10.2 Å². The number of quaternary nitrogens is 1. The number of hydrogen-bond donors (Lipinski definition) is 1. The molecule has 1 fully saturated rings. The lowest BCUT2D eigenvalue weighted by Crippen LogP contribution is -3.00. The molecule has 1 aliphatic heterocycles. The second kappa shape index (κ2) is 8.32. The van der Waals surface area contributed by atoms with Crippen molar-refractivity contribution in [3.05, 3.63) is 71.8 Å². The highest BCUT2D eigenvalue weighted by Crippen LogP contribution is 2.37. The monoisotopic (exact) mass is 450 g/mol. The number of halogens is 1. The van der Waals surface area contributed by atoms with Crippen LogP contribution in [0.5, 0.6) is 0 Å². The average Bonchev–Trinajstić information content (AvgIpc) is 3.04. The molecule has 25 heavy (non-hydrogen) atoms. The number of nitrogens with two attached hydrogens (primary N) is 1. The minimum atomic E-state index is -0.758. The van der Waals surface area contributed by atoms with Gasteiger partial charge in [0.15, 0.2) is 0 Å². The van der Waals surface area contributed by atoms with Crippen LogP contribution in [0.15, 0.2) is 60.7 Å². The van der Waals surface area contributed by atoms with E-state index in [9.17, 15) is 4.79 Å². The maximum Gasteiger partial charge on any atom is 0.232 e. The van der Waals surface area contributed by atoms with Crippen LogP contribution in [0, 0.1) is 0 Å². The van der Waals surface area contributed by atoms with Gasteiger partial charge in [-0.25, -0.2) is 0 Å². The van der Waals surface area contributed by atoms with E-state index < -0.39 is 5.41 Å². The number of benzene rings is 2. The van der Waals surface area contributed by atoms with Crippen molar-refractivity contribution < 1.29 is 33.3 Å². The van der Waals surface area contributed by atoms with Gasteiger partial charge in [-0.05, 0) is 11.1 Å². The Kier molecular flexibility index (Phi) is 6.63. The zero-order valence-corrected chi connectivity index (χ0v) is 17.0. The molecule has 1 heterocycles. The Morgan fingerprint density at radius 2 is 1.40 bits per heavy atom. The molecule has 0 aliphatic carbocycles. The topological polar surface area (TPSA) is 43.1 Å². The van der Waals surface area contributed by atoms with E-state index in [1.165, 1.54) is 25.9 Å². The van der Waals surface area contributed by atoms with Crippen LogP contribution >= 0.6 is 0 Å². The van der Waals surface area contributed by atoms with E-state index in [4.69, 9.17) is 5.73 Å². The van der Waals surface area contributed by atoms with Gasteiger partial charge < -0.3 is 34.2 Å². The maximum atomic E-state index is 12.7. The van der Waals surface area contributed by atoms with Crippen LogP contribution in [0.25, 0.3) is 0 Å². The van der Waals surface area contributed by atoms with Crippen molar-refractivity contribution in [2.24, 2.45) is 5.73 Å². The fourth-order valence-corrected chi connectivity index (χ4v) is 4.07. The quantitative estimate of drug-likeness (QED) is 0.492. The molecule has 0 bridgehead atoms. The van der Waals surface area contributed by atoms with Crippen molar-refractivity contribution >= 4 is 5.91 Å². The first-order valence-corrected chi connectivity index (χ1v) is 8.81. The summed E-state index contributed by atoms with van der Waals surface area (Å²) < 4.78 is 1.04. The minimum Gasteiger partial charge on any atom is -1.00 e. The standard InChI is InChI=1S/C21H26N2O.HI/c1-23(15-8-9-16-23)17-14-21(20(22)24,18-10-4-2-5-11-18)19-12-6-3-7-13-19;/h2-7,10-13H,8-9,14-17H2,1H3,(H-,22,24);1H. The predicted octanol–water partition coefficient (Wildman–Crippen LogP) is 0.0925. The van der Waals surface area contributed by atoms with Gasteiger partial charge >= 0.3 is 0 Å². The zero-order valence-electron chi connectivity index (χ0n) is 14.8. The fourth-order valence-electron chi connectivity index (χ4n) is 4.07. The number of carbonyl (C=O) groups excluding carboxylic acids is 1. The van der Waals surface area contributed by atoms with Crippen molar-refractivity contribution in [3.63, 3.8) is 0 Å². The van der Waals surface area contributed by atoms with Gasteiger partial charge in [0.05, 0.1) is 26.7 Å². The van der Waals surface area contributed by atoms with Gasteiger partial charge in [0.2, 0.25) is 5.91 Å². The van der Waals surface area contributed by atoms with E-state index in [0.717, 1.165) is 28.6 Å². The van der Waals surface area contributed by atoms with Gasteiger partial charge in [-0.1, -0.05) is 60.7 Å². The Labute approximate surface area is 167 Å². The molecule has 0 atom stereocenters. The first kappa shape index (κ1) is 19.9. The van der Waals surface area contributed by atoms with E-state index in [-0.39, 0.29) is 29.9 Å². The van der Waals surface area contributed by atoms with Gasteiger partial charge in [-0.2, -0.15) is 0 Å². The molecular weight excluding hydrogens is 423 g/mol. The number of hydrogen-bond acceptors (Lipinski definition) is 1. The average molecular weight is 450 g/mol. The van der Waals surface area contributed by atoms with Crippen molar-refractivity contribution in [1.82, 2.24) is 0 Å². The van der Waals surface area contributed by atoms with E-state index in [1.54, 1.807) is 0 Å². The summed E-state index contributed by atoms with van der Waals surface area (Å²) in [5.74, 6) is -0.259. The summed E-state index contributed by atoms with van der Waals surface area (Å²) in [5.41, 5.74) is 7.25. The Morgan fingerprint density at radius 1 is 0.960 bits per heavy atom. The summed E-state index contributed by atoms with van der Waals surface area (Å²) in [5, 5.41) is 0. The molecule has 2 N–H and O–H groups in total. The molecule has 0 unspecified atom stereocenters. The van der Waals surface area contributed by atoms with Crippen LogP contribution in [0.1, 0.15) is 30.4 Å². The van der Waals surface area contributed by atoms with Crippen LogP contribution in [0.2, 0.25) is 0 Å². The van der Waals surface area contributed by atoms with Crippen molar-refractivity contribution in [2.45, 2.75) is 24.7 Å². The molecule has 0 aromatic heterocycles. The molecular formula is C21H27IN2O. The SMILES string of the molecule is C[N+]1(CCC(C(N)=O)(c2ccccc2)c2ccccc2)CCCC1.[I-]. The Morgan fingerprint density at radius 3 is 1.80 bits per heavy atom. The molecule has 2 aromatic rings. The van der Waals surface area contributed by atoms with Gasteiger partial charge in [-0.3, -0.25) is 4.79 Å². The van der Waals surface area contributed by atoms with E-state index in [0.29, 0.717) is 0 Å². The summed E-state index contributed by atoms with van der Waals surface area (Å²) >= 11 is 0. The van der Waals surface area contributed by atoms with E-state index >= 15 is 0 Å². The maximum absolute atomic E-state index is 12.7. The second-order valence-corrected chi connectivity index (χ2v) is 7.25. The number of carbonyl (C=O) groups is 1. The first-order valence-electron chi connectivity index (χ1n) is 8.81. The highest BCUT2D eigenvalue weighted by atomic mass is 127. The molecule has 3 rings (SSSR count). The Hall–Kier alpha value is -1.40. The summed E-state index contributed by atoms with van der Waals surface area (Å²) in [7, 11) is 2.30. The number of rotatable bonds is 6. The highest BCUT2D eigenvalue weighted by molar-refractivity contribution is 5.90. The van der Waals surface area contributed by atoms with E-state index in [2.05, 4.69) is 7.05 Å². The molecule has 3 nitrogen and oxygen atoms in total.